The molecule has 0 aliphatic carbocycles. The summed E-state index contributed by atoms with van der Waals surface area (Å²) in [6, 6.07) is 0. The Bertz CT molecular complexity index is 716. The van der Waals surface area contributed by atoms with E-state index in [1.807, 2.05) is 6.92 Å². The molecular formula is C27H46N2O2. The lowest BCUT2D eigenvalue weighted by Gasteiger charge is -2.28. The first kappa shape index (κ1) is 27.5. The standard InChI is InChI=1S/C27H46N2O2/c1-10-12-14-22(11-2)26(31-19(3)4)16-13-15-25(30)24-18-28-23(21(6)29-24)17-20(5)27(7,8)9/h17-19,22,26H,10-16H2,1-9H3/b20-17+. The summed E-state index contributed by atoms with van der Waals surface area (Å²) in [5.74, 6) is 0.639. The summed E-state index contributed by atoms with van der Waals surface area (Å²) in [4.78, 5) is 21.8. The van der Waals surface area contributed by atoms with E-state index in [-0.39, 0.29) is 23.4 Å². The van der Waals surface area contributed by atoms with Gasteiger partial charge in [-0.25, -0.2) is 4.98 Å². The fourth-order valence-electron chi connectivity index (χ4n) is 3.66. The third kappa shape index (κ3) is 9.64. The highest BCUT2D eigenvalue weighted by atomic mass is 16.5. The third-order valence-corrected chi connectivity index (χ3v) is 6.12. The van der Waals surface area contributed by atoms with Gasteiger partial charge in [-0.3, -0.25) is 9.78 Å². The second kappa shape index (κ2) is 13.1. The van der Waals surface area contributed by atoms with Crippen LogP contribution in [0.1, 0.15) is 122 Å². The average molecular weight is 431 g/mol. The predicted molar refractivity (Wildman–Crippen MR) is 131 cm³/mol. The van der Waals surface area contributed by atoms with Gasteiger partial charge in [-0.05, 0) is 64.4 Å². The SMILES string of the molecule is CCCCC(CC)C(CCCC(=O)c1cnc(/C=C(\C)C(C)(C)C)c(C)n1)OC(C)C. The van der Waals surface area contributed by atoms with Crippen LogP contribution in [-0.4, -0.2) is 28.0 Å². The zero-order valence-electron chi connectivity index (χ0n) is 21.5. The van der Waals surface area contributed by atoms with Gasteiger partial charge in [0.1, 0.15) is 5.69 Å². The average Bonchev–Trinajstić information content (AvgIpc) is 2.68. The number of hydrogen-bond acceptors (Lipinski definition) is 4. The van der Waals surface area contributed by atoms with Crippen molar-refractivity contribution >= 4 is 11.9 Å². The Balaban J connectivity index is 2.76. The summed E-state index contributed by atoms with van der Waals surface area (Å²) < 4.78 is 6.24. The van der Waals surface area contributed by atoms with Gasteiger partial charge in [-0.15, -0.1) is 0 Å². The van der Waals surface area contributed by atoms with E-state index in [0.29, 0.717) is 18.0 Å². The van der Waals surface area contributed by atoms with Crippen LogP contribution in [0.15, 0.2) is 11.8 Å². The maximum Gasteiger partial charge on any atom is 0.182 e. The van der Waals surface area contributed by atoms with Gasteiger partial charge in [-0.2, -0.15) is 0 Å². The van der Waals surface area contributed by atoms with Crippen LogP contribution in [0.4, 0.5) is 0 Å². The molecule has 1 aromatic rings. The Morgan fingerprint density at radius 1 is 1.16 bits per heavy atom. The number of carbonyl (C=O) groups excluding carboxylic acids is 1. The number of rotatable bonds is 13. The number of ketones is 1. The monoisotopic (exact) mass is 430 g/mol. The maximum absolute atomic E-state index is 12.7. The van der Waals surface area contributed by atoms with Gasteiger partial charge in [0.2, 0.25) is 0 Å². The molecule has 1 heterocycles. The van der Waals surface area contributed by atoms with Gasteiger partial charge in [-0.1, -0.05) is 59.5 Å². The van der Waals surface area contributed by atoms with E-state index in [1.165, 1.54) is 24.8 Å². The van der Waals surface area contributed by atoms with Crippen LogP contribution in [0.5, 0.6) is 0 Å². The number of Topliss-reactive ketones (excluding diaryl/α,β-unsaturated/α-hetero) is 1. The first-order chi connectivity index (χ1) is 14.5. The first-order valence-corrected chi connectivity index (χ1v) is 12.2. The summed E-state index contributed by atoms with van der Waals surface area (Å²) in [7, 11) is 0. The van der Waals surface area contributed by atoms with Crippen LogP contribution in [0.3, 0.4) is 0 Å². The highest BCUT2D eigenvalue weighted by Crippen LogP contribution is 2.27. The Hall–Kier alpha value is -1.55. The normalized spacial score (nSPS) is 14.7. The van der Waals surface area contributed by atoms with Crippen LogP contribution < -0.4 is 0 Å². The topological polar surface area (TPSA) is 52.1 Å². The smallest absolute Gasteiger partial charge is 0.182 e. The molecule has 0 spiro atoms. The molecule has 2 unspecified atom stereocenters. The van der Waals surface area contributed by atoms with E-state index in [4.69, 9.17) is 4.74 Å². The van der Waals surface area contributed by atoms with Crippen molar-refractivity contribution in [1.82, 2.24) is 9.97 Å². The lowest BCUT2D eigenvalue weighted by Crippen LogP contribution is -2.27. The molecule has 1 rings (SSSR count). The zero-order chi connectivity index (χ0) is 23.6. The van der Waals surface area contributed by atoms with E-state index in [9.17, 15) is 4.79 Å². The third-order valence-electron chi connectivity index (χ3n) is 6.12. The van der Waals surface area contributed by atoms with Gasteiger partial charge in [0, 0.05) is 6.42 Å². The quantitative estimate of drug-likeness (QED) is 0.302. The Morgan fingerprint density at radius 3 is 2.35 bits per heavy atom. The fourth-order valence-corrected chi connectivity index (χ4v) is 3.66. The van der Waals surface area contributed by atoms with Gasteiger partial charge < -0.3 is 4.74 Å². The number of carbonyl (C=O) groups is 1. The molecule has 4 nitrogen and oxygen atoms in total. The summed E-state index contributed by atoms with van der Waals surface area (Å²) in [6.45, 7) is 19.3. The maximum atomic E-state index is 12.7. The number of ether oxygens (including phenoxy) is 1. The molecule has 0 bridgehead atoms. The molecule has 2 atom stereocenters. The van der Waals surface area contributed by atoms with Crippen molar-refractivity contribution in [2.75, 3.05) is 0 Å². The molecular weight excluding hydrogens is 384 g/mol. The second-order valence-electron chi connectivity index (χ2n) is 10.2. The molecule has 0 saturated heterocycles. The van der Waals surface area contributed by atoms with E-state index >= 15 is 0 Å². The van der Waals surface area contributed by atoms with Crippen LogP contribution >= 0.6 is 0 Å². The minimum absolute atomic E-state index is 0.0728. The molecule has 0 amide bonds. The van der Waals surface area contributed by atoms with Crippen molar-refractivity contribution in [3.8, 4) is 0 Å². The van der Waals surface area contributed by atoms with Gasteiger partial charge in [0.15, 0.2) is 5.78 Å². The van der Waals surface area contributed by atoms with E-state index in [1.54, 1.807) is 6.20 Å². The molecule has 0 aliphatic rings. The van der Waals surface area contributed by atoms with Crippen molar-refractivity contribution in [1.29, 1.82) is 0 Å². The van der Waals surface area contributed by atoms with Crippen LogP contribution in [0.2, 0.25) is 0 Å². The van der Waals surface area contributed by atoms with Crippen molar-refractivity contribution in [2.45, 2.75) is 119 Å². The highest BCUT2D eigenvalue weighted by molar-refractivity contribution is 5.94. The van der Waals surface area contributed by atoms with Crippen molar-refractivity contribution in [2.24, 2.45) is 11.3 Å². The lowest BCUT2D eigenvalue weighted by molar-refractivity contribution is -0.0352. The van der Waals surface area contributed by atoms with E-state index in [0.717, 1.165) is 30.7 Å². The van der Waals surface area contributed by atoms with Gasteiger partial charge in [0.25, 0.3) is 0 Å². The number of aryl methyl sites for hydroxylation is 1. The van der Waals surface area contributed by atoms with Gasteiger partial charge in [0.05, 0.1) is 29.8 Å². The summed E-state index contributed by atoms with van der Waals surface area (Å²) in [5.41, 5.74) is 3.46. The summed E-state index contributed by atoms with van der Waals surface area (Å²) >= 11 is 0. The van der Waals surface area contributed by atoms with Crippen LogP contribution in [0.25, 0.3) is 6.08 Å². The zero-order valence-corrected chi connectivity index (χ0v) is 21.5. The molecule has 176 valence electrons. The van der Waals surface area contributed by atoms with Crippen molar-refractivity contribution < 1.29 is 9.53 Å². The van der Waals surface area contributed by atoms with Crippen molar-refractivity contribution in [3.63, 3.8) is 0 Å². The van der Waals surface area contributed by atoms with Crippen LogP contribution in [0, 0.1) is 18.3 Å². The van der Waals surface area contributed by atoms with Crippen molar-refractivity contribution in [3.05, 3.63) is 28.9 Å². The number of nitrogens with zero attached hydrogens (tertiary/aromatic N) is 2. The minimum Gasteiger partial charge on any atom is -0.375 e. The number of allylic oxidation sites excluding steroid dienone is 1. The summed E-state index contributed by atoms with van der Waals surface area (Å²) in [6.07, 6.45) is 11.2. The van der Waals surface area contributed by atoms with E-state index in [2.05, 4.69) is 71.4 Å². The molecule has 0 radical (unpaired) electrons. The van der Waals surface area contributed by atoms with Gasteiger partial charge >= 0.3 is 0 Å². The number of unbranched alkanes of at least 4 members (excludes halogenated alkanes) is 1. The van der Waals surface area contributed by atoms with Crippen LogP contribution in [-0.2, 0) is 4.74 Å². The molecule has 1 aromatic heterocycles. The lowest BCUT2D eigenvalue weighted by atomic mass is 9.87. The largest absolute Gasteiger partial charge is 0.375 e. The molecule has 0 fully saturated rings. The molecule has 0 aromatic carbocycles. The molecule has 4 heteroatoms. The highest BCUT2D eigenvalue weighted by Gasteiger charge is 2.22. The summed E-state index contributed by atoms with van der Waals surface area (Å²) in [5, 5.41) is 0. The second-order valence-corrected chi connectivity index (χ2v) is 10.2. The number of aromatic nitrogens is 2. The number of hydrogen-bond donors (Lipinski definition) is 0. The molecule has 0 N–H and O–H groups in total. The Morgan fingerprint density at radius 2 is 1.84 bits per heavy atom. The van der Waals surface area contributed by atoms with E-state index < -0.39 is 0 Å². The molecule has 0 aliphatic heterocycles. The Kier molecular flexibility index (Phi) is 11.6. The molecule has 0 saturated carbocycles. The minimum atomic E-state index is 0.0728. The first-order valence-electron chi connectivity index (χ1n) is 12.2. The molecule has 31 heavy (non-hydrogen) atoms. The fraction of sp³-hybridized carbons (Fsp3) is 0.741. The predicted octanol–water partition coefficient (Wildman–Crippen LogP) is 7.60. The Labute approximate surface area is 191 Å².